The number of benzene rings is 1. The van der Waals surface area contributed by atoms with E-state index >= 15 is 0 Å². The third-order valence-electron chi connectivity index (χ3n) is 3.90. The Morgan fingerprint density at radius 1 is 1.48 bits per heavy atom. The van der Waals surface area contributed by atoms with Gasteiger partial charge in [0.05, 0.1) is 10.9 Å². The van der Waals surface area contributed by atoms with Gasteiger partial charge >= 0.3 is 0 Å². The summed E-state index contributed by atoms with van der Waals surface area (Å²) < 4.78 is 27.0. The number of nitrogens with zero attached hydrogens (tertiary/aromatic N) is 1. The third-order valence-corrected chi connectivity index (χ3v) is 6.25. The van der Waals surface area contributed by atoms with Gasteiger partial charge in [0.1, 0.15) is 4.90 Å². The van der Waals surface area contributed by atoms with E-state index in [9.17, 15) is 13.2 Å². The van der Waals surface area contributed by atoms with Crippen molar-refractivity contribution in [1.82, 2.24) is 9.62 Å². The number of aryl methyl sites for hydroxylation is 1. The van der Waals surface area contributed by atoms with Gasteiger partial charge in [0, 0.05) is 26.2 Å². The number of carbonyl (C=O) groups is 1. The smallest absolute Gasteiger partial charge is 0.244 e. The van der Waals surface area contributed by atoms with Crippen molar-refractivity contribution in [2.24, 2.45) is 11.7 Å². The number of nitrogens with one attached hydrogen (secondary N) is 1. The van der Waals surface area contributed by atoms with Crippen molar-refractivity contribution in [2.45, 2.75) is 24.7 Å². The summed E-state index contributed by atoms with van der Waals surface area (Å²) in [6, 6.07) is 4.91. The standard InChI is InChI=1S/C15H22ClN3O3S/c1-11-4-5-13(16)14(9-11)23(21,22)19-8-2-3-12(10-19)15(20)18-7-6-17/h4-5,9,12H,2-3,6-8,10,17H2,1H3,(H,18,20). The molecule has 1 heterocycles. The molecular formula is C15H22ClN3O3S. The van der Waals surface area contributed by atoms with E-state index in [0.29, 0.717) is 32.5 Å². The number of rotatable bonds is 5. The fraction of sp³-hybridized carbons (Fsp3) is 0.533. The first-order chi connectivity index (χ1) is 10.9. The van der Waals surface area contributed by atoms with Gasteiger partial charge in [-0.05, 0) is 37.5 Å². The van der Waals surface area contributed by atoms with Crippen molar-refractivity contribution in [3.05, 3.63) is 28.8 Å². The van der Waals surface area contributed by atoms with E-state index in [4.69, 9.17) is 17.3 Å². The maximum absolute atomic E-state index is 12.8. The van der Waals surface area contributed by atoms with E-state index in [1.165, 1.54) is 4.31 Å². The maximum Gasteiger partial charge on any atom is 0.244 e. The zero-order chi connectivity index (χ0) is 17.0. The molecule has 6 nitrogen and oxygen atoms in total. The second-order valence-corrected chi connectivity index (χ2v) is 8.03. The average molecular weight is 360 g/mol. The lowest BCUT2D eigenvalue weighted by molar-refractivity contribution is -0.126. The van der Waals surface area contributed by atoms with E-state index < -0.39 is 10.0 Å². The van der Waals surface area contributed by atoms with Crippen LogP contribution in [0.3, 0.4) is 0 Å². The second kappa shape index (κ2) is 7.61. The third kappa shape index (κ3) is 4.23. The van der Waals surface area contributed by atoms with Crippen molar-refractivity contribution < 1.29 is 13.2 Å². The molecule has 3 N–H and O–H groups in total. The lowest BCUT2D eigenvalue weighted by Crippen LogP contribution is -2.46. The molecule has 0 bridgehead atoms. The first-order valence-electron chi connectivity index (χ1n) is 7.60. The zero-order valence-corrected chi connectivity index (χ0v) is 14.7. The Bertz CT molecular complexity index is 679. The molecule has 0 aliphatic carbocycles. The fourth-order valence-electron chi connectivity index (χ4n) is 2.66. The van der Waals surface area contributed by atoms with Gasteiger partial charge in [0.2, 0.25) is 15.9 Å². The molecule has 0 saturated carbocycles. The summed E-state index contributed by atoms with van der Waals surface area (Å²) >= 11 is 6.07. The van der Waals surface area contributed by atoms with Gasteiger partial charge in [-0.1, -0.05) is 17.7 Å². The van der Waals surface area contributed by atoms with Crippen molar-refractivity contribution in [1.29, 1.82) is 0 Å². The normalized spacial score (nSPS) is 19.5. The van der Waals surface area contributed by atoms with Crippen LogP contribution in [-0.4, -0.2) is 44.8 Å². The van der Waals surface area contributed by atoms with E-state index in [-0.39, 0.29) is 28.3 Å². The Kier molecular flexibility index (Phi) is 6.02. The van der Waals surface area contributed by atoms with Crippen LogP contribution in [0.4, 0.5) is 0 Å². The number of piperidine rings is 1. The molecule has 0 radical (unpaired) electrons. The maximum atomic E-state index is 12.8. The quantitative estimate of drug-likeness (QED) is 0.824. The SMILES string of the molecule is Cc1ccc(Cl)c(S(=O)(=O)N2CCCC(C(=O)NCCN)C2)c1. The highest BCUT2D eigenvalue weighted by Crippen LogP contribution is 2.29. The molecule has 128 valence electrons. The van der Waals surface area contributed by atoms with Crippen LogP contribution >= 0.6 is 11.6 Å². The monoisotopic (exact) mass is 359 g/mol. The molecule has 2 rings (SSSR count). The molecule has 1 aliphatic heterocycles. The molecule has 1 saturated heterocycles. The van der Waals surface area contributed by atoms with Crippen molar-refractivity contribution >= 4 is 27.5 Å². The Labute approximate surface area is 142 Å². The van der Waals surface area contributed by atoms with E-state index in [1.54, 1.807) is 18.2 Å². The minimum atomic E-state index is -3.71. The molecule has 1 amide bonds. The van der Waals surface area contributed by atoms with Gasteiger partial charge in [0.25, 0.3) is 0 Å². The van der Waals surface area contributed by atoms with Crippen LogP contribution in [0.25, 0.3) is 0 Å². The molecule has 0 spiro atoms. The van der Waals surface area contributed by atoms with Crippen molar-refractivity contribution in [3.63, 3.8) is 0 Å². The van der Waals surface area contributed by atoms with Gasteiger partial charge in [-0.2, -0.15) is 4.31 Å². The molecule has 8 heteroatoms. The van der Waals surface area contributed by atoms with Gasteiger partial charge in [0.15, 0.2) is 0 Å². The van der Waals surface area contributed by atoms with Gasteiger partial charge in [-0.25, -0.2) is 8.42 Å². The van der Waals surface area contributed by atoms with Crippen LogP contribution in [0.1, 0.15) is 18.4 Å². The summed E-state index contributed by atoms with van der Waals surface area (Å²) in [7, 11) is -3.71. The lowest BCUT2D eigenvalue weighted by Gasteiger charge is -2.31. The lowest BCUT2D eigenvalue weighted by atomic mass is 9.99. The van der Waals surface area contributed by atoms with Crippen LogP contribution in [0.5, 0.6) is 0 Å². The molecule has 1 unspecified atom stereocenters. The minimum Gasteiger partial charge on any atom is -0.355 e. The Balaban J connectivity index is 2.19. The van der Waals surface area contributed by atoms with E-state index in [0.717, 1.165) is 5.56 Å². The summed E-state index contributed by atoms with van der Waals surface area (Å²) in [5.74, 6) is -0.501. The molecule has 1 aliphatic rings. The number of sulfonamides is 1. The Morgan fingerprint density at radius 2 is 2.22 bits per heavy atom. The molecule has 23 heavy (non-hydrogen) atoms. The van der Waals surface area contributed by atoms with Crippen LogP contribution in [0.15, 0.2) is 23.1 Å². The topological polar surface area (TPSA) is 92.5 Å². The molecule has 1 fully saturated rings. The summed E-state index contributed by atoms with van der Waals surface area (Å²) in [6.07, 6.45) is 1.31. The molecule has 0 aromatic heterocycles. The largest absolute Gasteiger partial charge is 0.355 e. The number of halogens is 1. The van der Waals surface area contributed by atoms with E-state index in [1.807, 2.05) is 6.92 Å². The Morgan fingerprint density at radius 3 is 2.91 bits per heavy atom. The van der Waals surface area contributed by atoms with E-state index in [2.05, 4.69) is 5.32 Å². The van der Waals surface area contributed by atoms with Crippen LogP contribution in [0, 0.1) is 12.8 Å². The number of hydrogen-bond donors (Lipinski definition) is 2. The predicted octanol–water partition coefficient (Wildman–Crippen LogP) is 1.12. The molecular weight excluding hydrogens is 338 g/mol. The molecule has 1 aromatic rings. The fourth-order valence-corrected chi connectivity index (χ4v) is 4.74. The van der Waals surface area contributed by atoms with Crippen LogP contribution in [0.2, 0.25) is 5.02 Å². The number of carbonyl (C=O) groups excluding carboxylic acids is 1. The number of hydrogen-bond acceptors (Lipinski definition) is 4. The predicted molar refractivity (Wildman–Crippen MR) is 89.7 cm³/mol. The molecule has 1 atom stereocenters. The second-order valence-electron chi connectivity index (χ2n) is 5.72. The van der Waals surface area contributed by atoms with Crippen LogP contribution < -0.4 is 11.1 Å². The number of amides is 1. The van der Waals surface area contributed by atoms with Gasteiger partial charge in [-0.3, -0.25) is 4.79 Å². The first kappa shape index (κ1) is 18.2. The summed E-state index contributed by atoms with van der Waals surface area (Å²) in [6.45, 7) is 3.13. The molecule has 1 aromatic carbocycles. The highest BCUT2D eigenvalue weighted by molar-refractivity contribution is 7.89. The summed E-state index contributed by atoms with van der Waals surface area (Å²) in [5.41, 5.74) is 6.20. The van der Waals surface area contributed by atoms with Gasteiger partial charge < -0.3 is 11.1 Å². The van der Waals surface area contributed by atoms with Crippen molar-refractivity contribution in [3.8, 4) is 0 Å². The summed E-state index contributed by atoms with van der Waals surface area (Å²) in [5, 5.41) is 2.92. The van der Waals surface area contributed by atoms with Crippen LogP contribution in [-0.2, 0) is 14.8 Å². The van der Waals surface area contributed by atoms with Crippen molar-refractivity contribution in [2.75, 3.05) is 26.2 Å². The highest BCUT2D eigenvalue weighted by Gasteiger charge is 2.34. The minimum absolute atomic E-state index is 0.0992. The zero-order valence-electron chi connectivity index (χ0n) is 13.1. The van der Waals surface area contributed by atoms with Gasteiger partial charge in [-0.15, -0.1) is 0 Å². The average Bonchev–Trinajstić information content (AvgIpc) is 2.54. The Hall–Kier alpha value is -1.15. The first-order valence-corrected chi connectivity index (χ1v) is 9.42. The summed E-state index contributed by atoms with van der Waals surface area (Å²) in [4.78, 5) is 12.2. The highest BCUT2D eigenvalue weighted by atomic mass is 35.5. The number of nitrogens with two attached hydrogens (primary N) is 1.